The molecule has 1 heteroatoms. The fraction of sp³-hybridized carbons (Fsp3) is 0.417. The molecule has 1 aromatic rings. The predicted octanol–water partition coefficient (Wildman–Crippen LogP) is 3.62. The summed E-state index contributed by atoms with van der Waals surface area (Å²) in [5, 5.41) is 0. The predicted molar refractivity (Wildman–Crippen MR) is 58.3 cm³/mol. The number of benzene rings is 1. The zero-order valence-electron chi connectivity index (χ0n) is 8.40. The minimum atomic E-state index is 0.299. The van der Waals surface area contributed by atoms with Crippen molar-refractivity contribution < 1.29 is 0 Å². The molecule has 0 aliphatic heterocycles. The summed E-state index contributed by atoms with van der Waals surface area (Å²) in [6.45, 7) is 4.29. The van der Waals surface area contributed by atoms with Gasteiger partial charge in [0.05, 0.1) is 6.04 Å². The SMILES string of the molecule is CCCC=N[C@@H](C)c1ccccc1. The van der Waals surface area contributed by atoms with E-state index in [9.17, 15) is 0 Å². The number of nitrogens with zero attached hydrogens (tertiary/aromatic N) is 1. The number of rotatable bonds is 4. The Morgan fingerprint density at radius 1 is 1.31 bits per heavy atom. The highest BCUT2D eigenvalue weighted by Crippen LogP contribution is 2.14. The number of hydrogen-bond donors (Lipinski definition) is 0. The Bertz CT molecular complexity index is 251. The van der Waals surface area contributed by atoms with E-state index in [1.807, 2.05) is 12.3 Å². The van der Waals surface area contributed by atoms with E-state index in [-0.39, 0.29) is 0 Å². The average molecular weight is 175 g/mol. The lowest BCUT2D eigenvalue weighted by Crippen LogP contribution is -1.89. The van der Waals surface area contributed by atoms with Gasteiger partial charge in [-0.25, -0.2) is 0 Å². The van der Waals surface area contributed by atoms with Gasteiger partial charge in [0.15, 0.2) is 0 Å². The molecule has 13 heavy (non-hydrogen) atoms. The van der Waals surface area contributed by atoms with Crippen molar-refractivity contribution in [3.05, 3.63) is 35.9 Å². The molecule has 0 saturated heterocycles. The zero-order chi connectivity index (χ0) is 9.52. The van der Waals surface area contributed by atoms with Gasteiger partial charge in [-0.05, 0) is 25.1 Å². The minimum Gasteiger partial charge on any atom is -0.290 e. The van der Waals surface area contributed by atoms with Crippen LogP contribution in [-0.2, 0) is 0 Å². The molecule has 1 atom stereocenters. The molecule has 0 unspecified atom stereocenters. The fourth-order valence-corrected chi connectivity index (χ4v) is 1.18. The van der Waals surface area contributed by atoms with Crippen LogP contribution >= 0.6 is 0 Å². The Balaban J connectivity index is 2.53. The molecule has 0 aromatic heterocycles. The van der Waals surface area contributed by atoms with E-state index in [4.69, 9.17) is 0 Å². The van der Waals surface area contributed by atoms with Crippen LogP contribution in [0.25, 0.3) is 0 Å². The highest BCUT2D eigenvalue weighted by Gasteiger charge is 1.98. The van der Waals surface area contributed by atoms with Crippen LogP contribution < -0.4 is 0 Å². The molecule has 0 spiro atoms. The molecular weight excluding hydrogens is 158 g/mol. The van der Waals surface area contributed by atoms with Crippen molar-refractivity contribution in [1.82, 2.24) is 0 Å². The van der Waals surface area contributed by atoms with Gasteiger partial charge in [0.25, 0.3) is 0 Å². The molecule has 0 radical (unpaired) electrons. The van der Waals surface area contributed by atoms with E-state index < -0.39 is 0 Å². The second kappa shape index (κ2) is 5.52. The van der Waals surface area contributed by atoms with Gasteiger partial charge in [-0.3, -0.25) is 4.99 Å². The summed E-state index contributed by atoms with van der Waals surface area (Å²) < 4.78 is 0. The first-order valence-corrected chi connectivity index (χ1v) is 4.91. The first-order valence-electron chi connectivity index (χ1n) is 4.91. The number of unbranched alkanes of at least 4 members (excludes halogenated alkanes) is 1. The summed E-state index contributed by atoms with van der Waals surface area (Å²) in [5.41, 5.74) is 1.29. The summed E-state index contributed by atoms with van der Waals surface area (Å²) in [4.78, 5) is 4.46. The van der Waals surface area contributed by atoms with Gasteiger partial charge >= 0.3 is 0 Å². The molecule has 0 saturated carbocycles. The van der Waals surface area contributed by atoms with Gasteiger partial charge in [-0.2, -0.15) is 0 Å². The maximum absolute atomic E-state index is 4.46. The molecule has 0 bridgehead atoms. The maximum Gasteiger partial charge on any atom is 0.0716 e. The van der Waals surface area contributed by atoms with Crippen LogP contribution in [0.1, 0.15) is 38.3 Å². The summed E-state index contributed by atoms with van der Waals surface area (Å²) in [5.74, 6) is 0. The third-order valence-electron chi connectivity index (χ3n) is 2.03. The van der Waals surface area contributed by atoms with Crippen molar-refractivity contribution in [2.24, 2.45) is 4.99 Å². The summed E-state index contributed by atoms with van der Waals surface area (Å²) in [6.07, 6.45) is 4.28. The first kappa shape index (κ1) is 9.97. The lowest BCUT2D eigenvalue weighted by molar-refractivity contribution is 0.817. The highest BCUT2D eigenvalue weighted by atomic mass is 14.7. The summed E-state index contributed by atoms with van der Waals surface area (Å²) >= 11 is 0. The van der Waals surface area contributed by atoms with E-state index in [1.54, 1.807) is 0 Å². The summed E-state index contributed by atoms with van der Waals surface area (Å²) in [6, 6.07) is 10.7. The second-order valence-electron chi connectivity index (χ2n) is 3.21. The van der Waals surface area contributed by atoms with Crippen molar-refractivity contribution in [3.63, 3.8) is 0 Å². The molecule has 0 heterocycles. The Morgan fingerprint density at radius 2 is 2.00 bits per heavy atom. The molecule has 1 aromatic carbocycles. The molecule has 1 rings (SSSR count). The topological polar surface area (TPSA) is 12.4 Å². The lowest BCUT2D eigenvalue weighted by Gasteiger charge is -2.04. The molecule has 0 aliphatic rings. The molecule has 0 aliphatic carbocycles. The number of hydrogen-bond acceptors (Lipinski definition) is 1. The van der Waals surface area contributed by atoms with E-state index in [2.05, 4.69) is 43.1 Å². The fourth-order valence-electron chi connectivity index (χ4n) is 1.18. The van der Waals surface area contributed by atoms with Crippen molar-refractivity contribution in [2.75, 3.05) is 0 Å². The largest absolute Gasteiger partial charge is 0.290 e. The molecule has 1 nitrogen and oxygen atoms in total. The third kappa shape index (κ3) is 3.41. The Labute approximate surface area is 80.5 Å². The van der Waals surface area contributed by atoms with Gasteiger partial charge in [0, 0.05) is 0 Å². The second-order valence-corrected chi connectivity index (χ2v) is 3.21. The van der Waals surface area contributed by atoms with Gasteiger partial charge < -0.3 is 0 Å². The van der Waals surface area contributed by atoms with Crippen molar-refractivity contribution >= 4 is 6.21 Å². The van der Waals surface area contributed by atoms with Gasteiger partial charge in [0.1, 0.15) is 0 Å². The minimum absolute atomic E-state index is 0.299. The smallest absolute Gasteiger partial charge is 0.0716 e. The van der Waals surface area contributed by atoms with Gasteiger partial charge in [-0.1, -0.05) is 43.7 Å². The Hall–Kier alpha value is -1.11. The van der Waals surface area contributed by atoms with E-state index in [0.717, 1.165) is 6.42 Å². The lowest BCUT2D eigenvalue weighted by atomic mass is 10.1. The third-order valence-corrected chi connectivity index (χ3v) is 2.03. The number of aliphatic imine (C=N–C) groups is 1. The normalized spacial score (nSPS) is 13.4. The molecule has 0 fully saturated rings. The first-order chi connectivity index (χ1) is 6.34. The van der Waals surface area contributed by atoms with Crippen molar-refractivity contribution in [1.29, 1.82) is 0 Å². The van der Waals surface area contributed by atoms with Gasteiger partial charge in [0.2, 0.25) is 0 Å². The van der Waals surface area contributed by atoms with Crippen LogP contribution in [0, 0.1) is 0 Å². The van der Waals surface area contributed by atoms with Crippen LogP contribution in [0.15, 0.2) is 35.3 Å². The van der Waals surface area contributed by atoms with Crippen LogP contribution in [-0.4, -0.2) is 6.21 Å². The van der Waals surface area contributed by atoms with Crippen LogP contribution in [0.4, 0.5) is 0 Å². The molecule has 0 amide bonds. The molecule has 0 N–H and O–H groups in total. The molecule has 70 valence electrons. The Kier molecular flexibility index (Phi) is 4.24. The van der Waals surface area contributed by atoms with Crippen LogP contribution in [0.2, 0.25) is 0 Å². The monoisotopic (exact) mass is 175 g/mol. The quantitative estimate of drug-likeness (QED) is 0.620. The highest BCUT2D eigenvalue weighted by molar-refractivity contribution is 5.57. The Morgan fingerprint density at radius 3 is 2.62 bits per heavy atom. The van der Waals surface area contributed by atoms with E-state index >= 15 is 0 Å². The molecular formula is C12H17N. The van der Waals surface area contributed by atoms with E-state index in [1.165, 1.54) is 12.0 Å². The van der Waals surface area contributed by atoms with Crippen LogP contribution in [0.5, 0.6) is 0 Å². The standard InChI is InChI=1S/C12H17N/c1-3-4-10-13-11(2)12-8-6-5-7-9-12/h5-11H,3-4H2,1-2H3/t11-/m0/s1. The van der Waals surface area contributed by atoms with Gasteiger partial charge in [-0.15, -0.1) is 0 Å². The maximum atomic E-state index is 4.46. The van der Waals surface area contributed by atoms with Crippen LogP contribution in [0.3, 0.4) is 0 Å². The van der Waals surface area contributed by atoms with Crippen molar-refractivity contribution in [2.45, 2.75) is 32.7 Å². The summed E-state index contributed by atoms with van der Waals surface area (Å²) in [7, 11) is 0. The average Bonchev–Trinajstić information content (AvgIpc) is 2.19. The van der Waals surface area contributed by atoms with E-state index in [0.29, 0.717) is 6.04 Å². The zero-order valence-corrected chi connectivity index (χ0v) is 8.40. The van der Waals surface area contributed by atoms with Crippen molar-refractivity contribution in [3.8, 4) is 0 Å².